The first-order valence-corrected chi connectivity index (χ1v) is 14.2. The van der Waals surface area contributed by atoms with Crippen LogP contribution < -0.4 is 10.1 Å². The van der Waals surface area contributed by atoms with Crippen molar-refractivity contribution in [2.24, 2.45) is 10.9 Å². The molecule has 1 amide bonds. The first-order valence-electron chi connectivity index (χ1n) is 14.2. The number of hydrogen-bond acceptors (Lipinski definition) is 4. The molecule has 0 spiro atoms. The van der Waals surface area contributed by atoms with E-state index in [0.29, 0.717) is 17.7 Å². The number of hydrogen-bond donors (Lipinski definition) is 1. The zero-order chi connectivity index (χ0) is 28.6. The minimum Gasteiger partial charge on any atom is -0.490 e. The average molecular weight is 534 g/mol. The van der Waals surface area contributed by atoms with Crippen molar-refractivity contribution >= 4 is 17.2 Å². The van der Waals surface area contributed by atoms with Crippen LogP contribution in [0.15, 0.2) is 77.9 Å². The Hall–Kier alpha value is -4.17. The molecule has 2 unspecified atom stereocenters. The molecule has 40 heavy (non-hydrogen) atoms. The Balaban J connectivity index is 1.58. The van der Waals surface area contributed by atoms with Crippen LogP contribution in [0.2, 0.25) is 0 Å². The number of nitrogens with zero attached hydrogens (tertiary/aromatic N) is 2. The number of benzene rings is 3. The predicted molar refractivity (Wildman–Crippen MR) is 162 cm³/mol. The molecule has 3 aromatic rings. The van der Waals surface area contributed by atoms with Crippen LogP contribution in [0.1, 0.15) is 86.9 Å². The topological polar surface area (TPSA) is 74.5 Å². The van der Waals surface area contributed by atoms with Gasteiger partial charge < -0.3 is 10.1 Å². The van der Waals surface area contributed by atoms with E-state index in [9.17, 15) is 10.1 Å². The third kappa shape index (κ3) is 6.87. The lowest BCUT2D eigenvalue weighted by Crippen LogP contribution is -2.28. The molecule has 0 aromatic heterocycles. The molecule has 0 heterocycles. The zero-order valence-corrected chi connectivity index (χ0v) is 24.2. The van der Waals surface area contributed by atoms with E-state index in [1.165, 1.54) is 16.7 Å². The van der Waals surface area contributed by atoms with E-state index >= 15 is 0 Å². The van der Waals surface area contributed by atoms with Crippen LogP contribution in [-0.4, -0.2) is 17.7 Å². The second kappa shape index (κ2) is 13.3. The van der Waals surface area contributed by atoms with Crippen molar-refractivity contribution in [3.8, 4) is 11.8 Å². The Kier molecular flexibility index (Phi) is 9.56. The highest BCUT2D eigenvalue weighted by atomic mass is 16.5. The van der Waals surface area contributed by atoms with E-state index in [0.717, 1.165) is 41.7 Å². The van der Waals surface area contributed by atoms with Crippen LogP contribution in [0.25, 0.3) is 5.57 Å². The van der Waals surface area contributed by atoms with Gasteiger partial charge >= 0.3 is 0 Å². The Morgan fingerprint density at radius 1 is 1.12 bits per heavy atom. The maximum absolute atomic E-state index is 12.8. The maximum Gasteiger partial charge on any atom is 0.224 e. The number of ether oxygens (including phenoxy) is 1. The lowest BCUT2D eigenvalue weighted by Gasteiger charge is -2.16. The molecule has 0 aliphatic heterocycles. The molecule has 2 atom stereocenters. The predicted octanol–water partition coefficient (Wildman–Crippen LogP) is 7.59. The number of aliphatic imine (C=N–C) groups is 1. The van der Waals surface area contributed by atoms with Gasteiger partial charge in [-0.25, -0.2) is 0 Å². The molecular weight excluding hydrogens is 494 g/mol. The Labute approximate surface area is 238 Å². The molecule has 5 nitrogen and oxygen atoms in total. The highest BCUT2D eigenvalue weighted by molar-refractivity contribution is 6.03. The number of nitriles is 1. The third-order valence-electron chi connectivity index (χ3n) is 7.47. The average Bonchev–Trinajstić information content (AvgIpc) is 3.36. The summed E-state index contributed by atoms with van der Waals surface area (Å²) in [4.78, 5) is 17.7. The largest absolute Gasteiger partial charge is 0.490 e. The molecule has 1 aliphatic carbocycles. The fourth-order valence-electron chi connectivity index (χ4n) is 5.25. The van der Waals surface area contributed by atoms with Gasteiger partial charge in [0.1, 0.15) is 11.8 Å². The van der Waals surface area contributed by atoms with Gasteiger partial charge in [-0.3, -0.25) is 9.79 Å². The molecular formula is C35H39N3O2. The van der Waals surface area contributed by atoms with Gasteiger partial charge in [0.05, 0.1) is 29.8 Å². The number of allylic oxidation sites excluding steroid dienone is 1. The normalized spacial score (nSPS) is 15.9. The minimum absolute atomic E-state index is 0.00406. The van der Waals surface area contributed by atoms with Gasteiger partial charge in [0.15, 0.2) is 0 Å². The van der Waals surface area contributed by atoms with Crippen molar-refractivity contribution in [1.29, 1.82) is 5.26 Å². The number of carbonyl (C=O) groups excluding carboxylic acids is 1. The van der Waals surface area contributed by atoms with E-state index < -0.39 is 0 Å². The summed E-state index contributed by atoms with van der Waals surface area (Å²) in [5, 5.41) is 13.0. The second-order valence-electron chi connectivity index (χ2n) is 10.8. The first-order chi connectivity index (χ1) is 19.3. The molecule has 1 N–H and O–H groups in total. The Morgan fingerprint density at radius 2 is 1.90 bits per heavy atom. The smallest absolute Gasteiger partial charge is 0.224 e. The molecule has 0 saturated heterocycles. The van der Waals surface area contributed by atoms with Crippen molar-refractivity contribution in [2.75, 3.05) is 0 Å². The fraction of sp³-hybridized carbons (Fsp3) is 0.343. The first kappa shape index (κ1) is 28.8. The lowest BCUT2D eigenvalue weighted by atomic mass is 9.94. The number of carbonyl (C=O) groups is 1. The van der Waals surface area contributed by atoms with Crippen molar-refractivity contribution in [3.05, 3.63) is 106 Å². The van der Waals surface area contributed by atoms with Gasteiger partial charge in [0.25, 0.3) is 0 Å². The summed E-state index contributed by atoms with van der Waals surface area (Å²) < 4.78 is 5.82. The molecule has 1 aliphatic rings. The number of amides is 1. The summed E-state index contributed by atoms with van der Waals surface area (Å²) in [7, 11) is 0. The number of nitrogens with one attached hydrogen (secondary N) is 1. The van der Waals surface area contributed by atoms with Gasteiger partial charge in [-0.2, -0.15) is 5.26 Å². The Morgan fingerprint density at radius 3 is 2.60 bits per heavy atom. The van der Waals surface area contributed by atoms with Gasteiger partial charge in [-0.05, 0) is 97.5 Å². The van der Waals surface area contributed by atoms with Crippen molar-refractivity contribution in [3.63, 3.8) is 0 Å². The van der Waals surface area contributed by atoms with Crippen LogP contribution in [0.5, 0.6) is 5.75 Å². The Bertz CT molecular complexity index is 1450. The summed E-state index contributed by atoms with van der Waals surface area (Å²) >= 11 is 0. The minimum atomic E-state index is -0.00406. The van der Waals surface area contributed by atoms with Gasteiger partial charge in [-0.1, -0.05) is 62.4 Å². The molecule has 0 saturated carbocycles. The highest BCUT2D eigenvalue weighted by Crippen LogP contribution is 2.36. The van der Waals surface area contributed by atoms with Gasteiger partial charge in [0, 0.05) is 6.20 Å². The molecule has 206 valence electrons. The zero-order valence-electron chi connectivity index (χ0n) is 24.2. The van der Waals surface area contributed by atoms with E-state index in [1.54, 1.807) is 0 Å². The summed E-state index contributed by atoms with van der Waals surface area (Å²) in [6.07, 6.45) is 5.07. The molecule has 4 rings (SSSR count). The van der Waals surface area contributed by atoms with Crippen molar-refractivity contribution < 1.29 is 9.53 Å². The summed E-state index contributed by atoms with van der Waals surface area (Å²) in [6.45, 7) is 10.3. The fourth-order valence-corrected chi connectivity index (χ4v) is 5.25. The van der Waals surface area contributed by atoms with E-state index in [-0.39, 0.29) is 24.0 Å². The van der Waals surface area contributed by atoms with E-state index in [2.05, 4.69) is 50.4 Å². The van der Waals surface area contributed by atoms with Crippen LogP contribution in [0.4, 0.5) is 0 Å². The SMILES string of the molecule is CCC(C)/C(=N\C=C(/C)c1cccc2c1CCC2NC(=O)Cc1ccccc1)c1ccc(OC(C)C)c(C#N)c1. The summed E-state index contributed by atoms with van der Waals surface area (Å²) in [5.74, 6) is 0.867. The number of fused-ring (bicyclic) bond motifs is 1. The molecule has 0 fully saturated rings. The van der Waals surface area contributed by atoms with Crippen LogP contribution in [0, 0.1) is 17.2 Å². The summed E-state index contributed by atoms with van der Waals surface area (Å²) in [5.41, 5.74) is 8.14. The highest BCUT2D eigenvalue weighted by Gasteiger charge is 2.26. The van der Waals surface area contributed by atoms with Gasteiger partial charge in [-0.15, -0.1) is 0 Å². The monoisotopic (exact) mass is 533 g/mol. The van der Waals surface area contributed by atoms with Gasteiger partial charge in [0.2, 0.25) is 5.91 Å². The molecule has 0 radical (unpaired) electrons. The second-order valence-corrected chi connectivity index (χ2v) is 10.8. The molecule has 0 bridgehead atoms. The maximum atomic E-state index is 12.8. The van der Waals surface area contributed by atoms with Crippen molar-refractivity contribution in [1.82, 2.24) is 5.32 Å². The number of rotatable bonds is 10. The van der Waals surface area contributed by atoms with E-state index in [1.807, 2.05) is 68.6 Å². The van der Waals surface area contributed by atoms with Crippen LogP contribution in [-0.2, 0) is 17.6 Å². The van der Waals surface area contributed by atoms with Crippen LogP contribution in [0.3, 0.4) is 0 Å². The molecule has 5 heteroatoms. The summed E-state index contributed by atoms with van der Waals surface area (Å²) in [6, 6.07) is 24.2. The van der Waals surface area contributed by atoms with Crippen LogP contribution >= 0.6 is 0 Å². The third-order valence-corrected chi connectivity index (χ3v) is 7.47. The molecule has 3 aromatic carbocycles. The standard InChI is InChI=1S/C35H39N3O2/c1-6-24(4)35(27-15-18-33(40-23(2)3)28(20-27)21-36)37-22-25(5)29-13-10-14-31-30(29)16-17-32(31)38-34(39)19-26-11-8-7-9-12-26/h7-15,18,20,22-24,32H,6,16-17,19H2,1-5H3,(H,38,39)/b25-22+,37-35+. The van der Waals surface area contributed by atoms with E-state index in [4.69, 9.17) is 9.73 Å². The lowest BCUT2D eigenvalue weighted by molar-refractivity contribution is -0.121. The quantitative estimate of drug-likeness (QED) is 0.273. The van der Waals surface area contributed by atoms with Crippen molar-refractivity contribution in [2.45, 2.75) is 72.4 Å².